The molecule has 0 atom stereocenters. The number of esters is 1. The fourth-order valence-electron chi connectivity index (χ4n) is 3.12. The molecule has 0 aromatic heterocycles. The van der Waals surface area contributed by atoms with Gasteiger partial charge in [0.1, 0.15) is 0 Å². The summed E-state index contributed by atoms with van der Waals surface area (Å²) >= 11 is 0. The second kappa shape index (κ2) is 12.2. The first-order valence-corrected chi connectivity index (χ1v) is 12.0. The van der Waals surface area contributed by atoms with Crippen LogP contribution in [0.1, 0.15) is 29.8 Å². The SMILES string of the molecule is CCN(CC)S(=O)(=O)c1ccc(C(=O)OCC(=O)NCCc2ccc(OC)c(OC)c2)cc1. The Bertz CT molecular complexity index is 1050. The monoisotopic (exact) mass is 478 g/mol. The summed E-state index contributed by atoms with van der Waals surface area (Å²) in [5.74, 6) is 0.0726. The molecule has 0 aliphatic heterocycles. The number of methoxy groups -OCH3 is 2. The topological polar surface area (TPSA) is 111 Å². The molecule has 1 amide bonds. The molecule has 33 heavy (non-hydrogen) atoms. The van der Waals surface area contributed by atoms with Crippen LogP contribution in [0.15, 0.2) is 47.4 Å². The van der Waals surface area contributed by atoms with E-state index in [1.165, 1.54) is 28.6 Å². The Morgan fingerprint density at radius 2 is 1.58 bits per heavy atom. The number of benzene rings is 2. The van der Waals surface area contributed by atoms with E-state index in [2.05, 4.69) is 5.32 Å². The van der Waals surface area contributed by atoms with Crippen molar-refractivity contribution in [3.63, 3.8) is 0 Å². The average Bonchev–Trinajstić information content (AvgIpc) is 2.83. The lowest BCUT2D eigenvalue weighted by Crippen LogP contribution is -2.31. The number of carbonyl (C=O) groups excluding carboxylic acids is 2. The van der Waals surface area contributed by atoms with E-state index >= 15 is 0 Å². The molecule has 10 heteroatoms. The van der Waals surface area contributed by atoms with E-state index in [1.807, 2.05) is 12.1 Å². The van der Waals surface area contributed by atoms with Crippen LogP contribution < -0.4 is 14.8 Å². The standard InChI is InChI=1S/C23H30N2O7S/c1-5-25(6-2)33(28,29)19-10-8-18(9-11-19)23(27)32-16-22(26)24-14-13-17-7-12-20(30-3)21(15-17)31-4/h7-12,15H,5-6,13-14,16H2,1-4H3,(H,24,26). The third kappa shape index (κ3) is 6.93. The fraction of sp³-hybridized carbons (Fsp3) is 0.391. The number of ether oxygens (including phenoxy) is 3. The molecule has 0 unspecified atom stereocenters. The lowest BCUT2D eigenvalue weighted by atomic mass is 10.1. The number of nitrogens with zero attached hydrogens (tertiary/aromatic N) is 1. The van der Waals surface area contributed by atoms with Crippen molar-refractivity contribution in [1.29, 1.82) is 0 Å². The highest BCUT2D eigenvalue weighted by Crippen LogP contribution is 2.27. The summed E-state index contributed by atoms with van der Waals surface area (Å²) in [6, 6.07) is 10.9. The Morgan fingerprint density at radius 1 is 0.939 bits per heavy atom. The van der Waals surface area contributed by atoms with E-state index in [0.717, 1.165) is 5.56 Å². The molecule has 180 valence electrons. The molecule has 0 spiro atoms. The van der Waals surface area contributed by atoms with Gasteiger partial charge in [-0.25, -0.2) is 13.2 Å². The molecule has 9 nitrogen and oxygen atoms in total. The Hall–Kier alpha value is -3.11. The number of hydrogen-bond acceptors (Lipinski definition) is 7. The lowest BCUT2D eigenvalue weighted by Gasteiger charge is -2.18. The predicted molar refractivity (Wildman–Crippen MR) is 123 cm³/mol. The first-order chi connectivity index (χ1) is 15.8. The summed E-state index contributed by atoms with van der Waals surface area (Å²) in [6.45, 7) is 4.12. The Labute approximate surface area is 194 Å². The van der Waals surface area contributed by atoms with Crippen LogP contribution in [0.3, 0.4) is 0 Å². The van der Waals surface area contributed by atoms with Gasteiger partial charge in [0.15, 0.2) is 18.1 Å². The minimum Gasteiger partial charge on any atom is -0.493 e. The van der Waals surface area contributed by atoms with Crippen molar-refractivity contribution in [2.75, 3.05) is 40.5 Å². The number of rotatable bonds is 12. The molecule has 0 radical (unpaired) electrons. The molecule has 2 rings (SSSR count). The summed E-state index contributed by atoms with van der Waals surface area (Å²) in [7, 11) is -0.501. The van der Waals surface area contributed by atoms with Crippen molar-refractivity contribution in [3.8, 4) is 11.5 Å². The predicted octanol–water partition coefficient (Wildman–Crippen LogP) is 2.25. The highest BCUT2D eigenvalue weighted by Gasteiger charge is 2.22. The van der Waals surface area contributed by atoms with Gasteiger partial charge in [0.05, 0.1) is 24.7 Å². The van der Waals surface area contributed by atoms with Gasteiger partial charge in [0.25, 0.3) is 5.91 Å². The zero-order chi connectivity index (χ0) is 24.4. The van der Waals surface area contributed by atoms with E-state index in [4.69, 9.17) is 14.2 Å². The first kappa shape index (κ1) is 26.1. The van der Waals surface area contributed by atoms with Crippen LogP contribution in [-0.4, -0.2) is 65.1 Å². The van der Waals surface area contributed by atoms with Crippen LogP contribution in [-0.2, 0) is 26.0 Å². The maximum atomic E-state index is 12.5. The minimum atomic E-state index is -3.61. The van der Waals surface area contributed by atoms with Crippen LogP contribution in [0.2, 0.25) is 0 Å². The number of hydrogen-bond donors (Lipinski definition) is 1. The van der Waals surface area contributed by atoms with Gasteiger partial charge in [0.2, 0.25) is 10.0 Å². The summed E-state index contributed by atoms with van der Waals surface area (Å²) in [4.78, 5) is 24.3. The van der Waals surface area contributed by atoms with Crippen molar-refractivity contribution >= 4 is 21.9 Å². The third-order valence-electron chi connectivity index (χ3n) is 4.95. The van der Waals surface area contributed by atoms with Gasteiger partial charge in [-0.15, -0.1) is 0 Å². The third-order valence-corrected chi connectivity index (χ3v) is 7.02. The molecule has 2 aromatic rings. The quantitative estimate of drug-likeness (QED) is 0.466. The Morgan fingerprint density at radius 3 is 2.15 bits per heavy atom. The van der Waals surface area contributed by atoms with E-state index in [-0.39, 0.29) is 10.5 Å². The summed E-state index contributed by atoms with van der Waals surface area (Å²) < 4.78 is 41.8. The molecule has 0 aliphatic rings. The van der Waals surface area contributed by atoms with E-state index in [1.54, 1.807) is 34.1 Å². The molecule has 0 aliphatic carbocycles. The highest BCUT2D eigenvalue weighted by molar-refractivity contribution is 7.89. The molecule has 0 saturated heterocycles. The van der Waals surface area contributed by atoms with Crippen molar-refractivity contribution < 1.29 is 32.2 Å². The molecule has 0 saturated carbocycles. The Balaban J connectivity index is 1.84. The molecule has 1 N–H and O–H groups in total. The Kier molecular flexibility index (Phi) is 9.68. The van der Waals surface area contributed by atoms with Gasteiger partial charge in [-0.1, -0.05) is 19.9 Å². The van der Waals surface area contributed by atoms with Crippen LogP contribution >= 0.6 is 0 Å². The van der Waals surface area contributed by atoms with Gasteiger partial charge < -0.3 is 19.5 Å². The van der Waals surface area contributed by atoms with Crippen molar-refractivity contribution in [2.45, 2.75) is 25.2 Å². The highest BCUT2D eigenvalue weighted by atomic mass is 32.2. The second-order valence-corrected chi connectivity index (χ2v) is 8.92. The summed E-state index contributed by atoms with van der Waals surface area (Å²) in [5.41, 5.74) is 1.11. The van der Waals surface area contributed by atoms with E-state index in [9.17, 15) is 18.0 Å². The first-order valence-electron chi connectivity index (χ1n) is 10.5. The molecule has 0 bridgehead atoms. The van der Waals surface area contributed by atoms with Gasteiger partial charge in [-0.3, -0.25) is 4.79 Å². The smallest absolute Gasteiger partial charge is 0.338 e. The van der Waals surface area contributed by atoms with E-state index < -0.39 is 28.5 Å². The summed E-state index contributed by atoms with van der Waals surface area (Å²) in [6.07, 6.45) is 0.558. The van der Waals surface area contributed by atoms with Crippen molar-refractivity contribution in [2.24, 2.45) is 0 Å². The maximum Gasteiger partial charge on any atom is 0.338 e. The summed E-state index contributed by atoms with van der Waals surface area (Å²) in [5, 5.41) is 2.69. The molecule has 2 aromatic carbocycles. The van der Waals surface area contributed by atoms with Crippen molar-refractivity contribution in [1.82, 2.24) is 9.62 Å². The number of amides is 1. The molecule has 0 fully saturated rings. The number of carbonyl (C=O) groups is 2. The van der Waals surface area contributed by atoms with Crippen LogP contribution in [0, 0.1) is 0 Å². The van der Waals surface area contributed by atoms with Gasteiger partial charge >= 0.3 is 5.97 Å². The average molecular weight is 479 g/mol. The normalized spacial score (nSPS) is 11.2. The van der Waals surface area contributed by atoms with Crippen LogP contribution in [0.25, 0.3) is 0 Å². The van der Waals surface area contributed by atoms with Crippen LogP contribution in [0.4, 0.5) is 0 Å². The second-order valence-electron chi connectivity index (χ2n) is 6.98. The molecular formula is C23H30N2O7S. The zero-order valence-corrected chi connectivity index (χ0v) is 20.1. The van der Waals surface area contributed by atoms with Gasteiger partial charge in [-0.05, 0) is 48.4 Å². The van der Waals surface area contributed by atoms with Crippen LogP contribution in [0.5, 0.6) is 11.5 Å². The van der Waals surface area contributed by atoms with Crippen molar-refractivity contribution in [3.05, 3.63) is 53.6 Å². The lowest BCUT2D eigenvalue weighted by molar-refractivity contribution is -0.124. The minimum absolute atomic E-state index is 0.0932. The van der Waals surface area contributed by atoms with Gasteiger partial charge in [0, 0.05) is 19.6 Å². The molecular weight excluding hydrogens is 448 g/mol. The number of sulfonamides is 1. The molecule has 0 heterocycles. The zero-order valence-electron chi connectivity index (χ0n) is 19.3. The maximum absolute atomic E-state index is 12.5. The number of nitrogens with one attached hydrogen (secondary N) is 1. The van der Waals surface area contributed by atoms with Gasteiger partial charge in [-0.2, -0.15) is 4.31 Å². The largest absolute Gasteiger partial charge is 0.493 e. The fourth-order valence-corrected chi connectivity index (χ4v) is 4.58. The van der Waals surface area contributed by atoms with E-state index in [0.29, 0.717) is 37.6 Å².